The first-order chi connectivity index (χ1) is 8.52. The van der Waals surface area contributed by atoms with E-state index in [2.05, 4.69) is 5.32 Å². The average Bonchev–Trinajstić information content (AvgIpc) is 2.35. The van der Waals surface area contributed by atoms with E-state index in [4.69, 9.17) is 10.2 Å². The minimum Gasteiger partial charge on any atom is -0.480 e. The highest BCUT2D eigenvalue weighted by molar-refractivity contribution is 8.00. The number of aliphatic hydroxyl groups is 1. The summed E-state index contributed by atoms with van der Waals surface area (Å²) < 4.78 is 12.6. The largest absolute Gasteiger partial charge is 0.480 e. The van der Waals surface area contributed by atoms with Gasteiger partial charge in [-0.15, -0.1) is 11.8 Å². The number of hydrogen-bond acceptors (Lipinski definition) is 4. The van der Waals surface area contributed by atoms with E-state index in [-0.39, 0.29) is 11.6 Å². The standard InChI is InChI=1S/C11H12FNO4S/c12-7-1-3-8(4-2-7)18-6-10(15)13-9(5-14)11(16)17/h1-4,9,14H,5-6H2,(H,13,15)(H,16,17). The van der Waals surface area contributed by atoms with Crippen molar-refractivity contribution in [2.24, 2.45) is 0 Å². The molecule has 3 N–H and O–H groups in total. The lowest BCUT2D eigenvalue weighted by atomic mass is 10.3. The summed E-state index contributed by atoms with van der Waals surface area (Å²) in [6, 6.07) is 4.29. The molecule has 1 aromatic carbocycles. The highest BCUT2D eigenvalue weighted by Gasteiger charge is 2.18. The molecule has 0 aliphatic rings. The first-order valence-electron chi connectivity index (χ1n) is 5.04. The predicted molar refractivity (Wildman–Crippen MR) is 63.8 cm³/mol. The van der Waals surface area contributed by atoms with Gasteiger partial charge in [0, 0.05) is 4.90 Å². The van der Waals surface area contributed by atoms with Gasteiger partial charge in [0.25, 0.3) is 0 Å². The van der Waals surface area contributed by atoms with Crippen LogP contribution in [0.4, 0.5) is 4.39 Å². The molecule has 0 aliphatic carbocycles. The van der Waals surface area contributed by atoms with Crippen LogP contribution in [0.25, 0.3) is 0 Å². The SMILES string of the molecule is O=C(CSc1ccc(F)cc1)NC(CO)C(=O)O. The Bertz CT molecular complexity index is 424. The molecule has 1 aromatic rings. The van der Waals surface area contributed by atoms with Crippen LogP contribution in [0.1, 0.15) is 0 Å². The van der Waals surface area contributed by atoms with Crippen molar-refractivity contribution in [3.63, 3.8) is 0 Å². The highest BCUT2D eigenvalue weighted by atomic mass is 32.2. The summed E-state index contributed by atoms with van der Waals surface area (Å²) in [6.45, 7) is -0.664. The van der Waals surface area contributed by atoms with E-state index in [0.29, 0.717) is 4.90 Å². The Labute approximate surface area is 107 Å². The first kappa shape index (κ1) is 14.5. The van der Waals surface area contributed by atoms with Crippen LogP contribution in [0.2, 0.25) is 0 Å². The van der Waals surface area contributed by atoms with Crippen LogP contribution in [0.5, 0.6) is 0 Å². The van der Waals surface area contributed by atoms with Crippen molar-refractivity contribution < 1.29 is 24.2 Å². The zero-order chi connectivity index (χ0) is 13.5. The van der Waals surface area contributed by atoms with E-state index in [1.54, 1.807) is 0 Å². The van der Waals surface area contributed by atoms with Crippen molar-refractivity contribution >= 4 is 23.6 Å². The molecule has 1 atom stereocenters. The fourth-order valence-electron chi connectivity index (χ4n) is 1.10. The number of carboxylic acids is 1. The molecule has 0 fully saturated rings. The Morgan fingerprint density at radius 2 is 1.94 bits per heavy atom. The second-order valence-corrected chi connectivity index (χ2v) is 4.43. The molecule has 1 amide bonds. The van der Waals surface area contributed by atoms with Gasteiger partial charge in [-0.3, -0.25) is 4.79 Å². The van der Waals surface area contributed by atoms with E-state index < -0.39 is 24.5 Å². The number of hydrogen-bond donors (Lipinski definition) is 3. The minimum absolute atomic E-state index is 0.00455. The van der Waals surface area contributed by atoms with E-state index in [9.17, 15) is 14.0 Å². The zero-order valence-electron chi connectivity index (χ0n) is 9.30. The van der Waals surface area contributed by atoms with Gasteiger partial charge >= 0.3 is 5.97 Å². The molecule has 0 heterocycles. The van der Waals surface area contributed by atoms with Gasteiger partial charge in [0.15, 0.2) is 0 Å². The molecule has 1 rings (SSSR count). The maximum atomic E-state index is 12.6. The van der Waals surface area contributed by atoms with Crippen LogP contribution in [0, 0.1) is 5.82 Å². The fourth-order valence-corrected chi connectivity index (χ4v) is 1.81. The number of rotatable bonds is 6. The summed E-state index contributed by atoms with van der Waals surface area (Å²) in [4.78, 5) is 22.6. The minimum atomic E-state index is -1.30. The Morgan fingerprint density at radius 3 is 2.44 bits per heavy atom. The molecule has 98 valence electrons. The molecular formula is C11H12FNO4S. The predicted octanol–water partition coefficient (Wildman–Crippen LogP) is 0.479. The Balaban J connectivity index is 2.41. The number of carbonyl (C=O) groups excluding carboxylic acids is 1. The molecule has 0 radical (unpaired) electrons. The zero-order valence-corrected chi connectivity index (χ0v) is 10.1. The monoisotopic (exact) mass is 273 g/mol. The van der Waals surface area contributed by atoms with Crippen molar-refractivity contribution in [3.05, 3.63) is 30.1 Å². The number of carbonyl (C=O) groups is 2. The fraction of sp³-hybridized carbons (Fsp3) is 0.273. The van der Waals surface area contributed by atoms with Gasteiger partial charge in [0.2, 0.25) is 5.91 Å². The number of aliphatic hydroxyl groups excluding tert-OH is 1. The third kappa shape index (κ3) is 4.72. The van der Waals surface area contributed by atoms with E-state index in [1.165, 1.54) is 24.3 Å². The third-order valence-corrected chi connectivity index (χ3v) is 3.01. The number of carboxylic acid groups (broad SMARTS) is 1. The van der Waals surface area contributed by atoms with Gasteiger partial charge in [-0.2, -0.15) is 0 Å². The molecule has 18 heavy (non-hydrogen) atoms. The molecule has 0 spiro atoms. The molecule has 0 aromatic heterocycles. The smallest absolute Gasteiger partial charge is 0.328 e. The second kappa shape index (κ2) is 6.97. The molecular weight excluding hydrogens is 261 g/mol. The molecule has 0 saturated carbocycles. The number of nitrogens with one attached hydrogen (secondary N) is 1. The maximum Gasteiger partial charge on any atom is 0.328 e. The van der Waals surface area contributed by atoms with Crippen LogP contribution in [-0.2, 0) is 9.59 Å². The average molecular weight is 273 g/mol. The van der Waals surface area contributed by atoms with Crippen molar-refractivity contribution in [1.82, 2.24) is 5.32 Å². The molecule has 0 aliphatic heterocycles. The lowest BCUT2D eigenvalue weighted by Crippen LogP contribution is -2.44. The van der Waals surface area contributed by atoms with Crippen LogP contribution in [0.3, 0.4) is 0 Å². The molecule has 0 saturated heterocycles. The van der Waals surface area contributed by atoms with Gasteiger partial charge < -0.3 is 15.5 Å². The summed E-state index contributed by atoms with van der Waals surface area (Å²) in [6.07, 6.45) is 0. The van der Waals surface area contributed by atoms with Crippen molar-refractivity contribution in [1.29, 1.82) is 0 Å². The van der Waals surface area contributed by atoms with Gasteiger partial charge in [-0.1, -0.05) is 0 Å². The van der Waals surface area contributed by atoms with Crippen molar-refractivity contribution in [3.8, 4) is 0 Å². The van der Waals surface area contributed by atoms with E-state index >= 15 is 0 Å². The van der Waals surface area contributed by atoms with Gasteiger partial charge in [-0.25, -0.2) is 9.18 Å². The Hall–Kier alpha value is -1.60. The van der Waals surface area contributed by atoms with Gasteiger partial charge in [0.1, 0.15) is 11.9 Å². The van der Waals surface area contributed by atoms with Crippen LogP contribution in [-0.4, -0.2) is 40.5 Å². The van der Waals surface area contributed by atoms with E-state index in [1.807, 2.05) is 0 Å². The van der Waals surface area contributed by atoms with Crippen molar-refractivity contribution in [2.45, 2.75) is 10.9 Å². The van der Waals surface area contributed by atoms with Gasteiger partial charge in [-0.05, 0) is 24.3 Å². The van der Waals surface area contributed by atoms with E-state index in [0.717, 1.165) is 11.8 Å². The highest BCUT2D eigenvalue weighted by Crippen LogP contribution is 2.17. The van der Waals surface area contributed by atoms with Crippen LogP contribution >= 0.6 is 11.8 Å². The first-order valence-corrected chi connectivity index (χ1v) is 6.03. The summed E-state index contributed by atoms with van der Waals surface area (Å²) in [5.41, 5.74) is 0. The lowest BCUT2D eigenvalue weighted by Gasteiger charge is -2.11. The molecule has 1 unspecified atom stereocenters. The number of benzene rings is 1. The topological polar surface area (TPSA) is 86.6 Å². The Kier molecular flexibility index (Phi) is 5.60. The second-order valence-electron chi connectivity index (χ2n) is 3.38. The third-order valence-electron chi connectivity index (χ3n) is 2.00. The van der Waals surface area contributed by atoms with Crippen molar-refractivity contribution in [2.75, 3.05) is 12.4 Å². The van der Waals surface area contributed by atoms with Crippen LogP contribution < -0.4 is 5.32 Å². The number of thioether (sulfide) groups is 1. The number of amides is 1. The maximum absolute atomic E-state index is 12.6. The van der Waals surface area contributed by atoms with Gasteiger partial charge in [0.05, 0.1) is 12.4 Å². The quantitative estimate of drug-likeness (QED) is 0.656. The summed E-state index contributed by atoms with van der Waals surface area (Å²) >= 11 is 1.15. The Morgan fingerprint density at radius 1 is 1.33 bits per heavy atom. The summed E-state index contributed by atoms with van der Waals surface area (Å²) in [7, 11) is 0. The molecule has 7 heteroatoms. The normalized spacial score (nSPS) is 11.9. The molecule has 0 bridgehead atoms. The summed E-state index contributed by atoms with van der Waals surface area (Å²) in [5, 5.41) is 19.5. The van der Waals surface area contributed by atoms with Crippen LogP contribution in [0.15, 0.2) is 29.2 Å². The lowest BCUT2D eigenvalue weighted by molar-refractivity contribution is -0.142. The number of halogens is 1. The molecule has 5 nitrogen and oxygen atoms in total. The number of aliphatic carboxylic acids is 1. The summed E-state index contributed by atoms with van der Waals surface area (Å²) in [5.74, 6) is -2.17.